The van der Waals surface area contributed by atoms with E-state index in [0.717, 1.165) is 23.2 Å². The Morgan fingerprint density at radius 1 is 1.55 bits per heavy atom. The third-order valence-electron chi connectivity index (χ3n) is 3.48. The third-order valence-corrected chi connectivity index (χ3v) is 3.48. The molecule has 0 aliphatic carbocycles. The van der Waals surface area contributed by atoms with Crippen molar-refractivity contribution in [3.8, 4) is 11.8 Å². The summed E-state index contributed by atoms with van der Waals surface area (Å²) in [4.78, 5) is 12.1. The zero-order chi connectivity index (χ0) is 14.5. The molecule has 3 N–H and O–H groups in total. The van der Waals surface area contributed by atoms with Gasteiger partial charge in [-0.15, -0.1) is 0 Å². The molecule has 0 saturated carbocycles. The maximum Gasteiger partial charge on any atom is 0.253 e. The molecule has 1 aromatic rings. The first-order chi connectivity index (χ1) is 9.61. The maximum absolute atomic E-state index is 12.1. The van der Waals surface area contributed by atoms with Crippen molar-refractivity contribution in [3.63, 3.8) is 0 Å². The second-order valence-electron chi connectivity index (χ2n) is 5.08. The van der Waals surface area contributed by atoms with Crippen LogP contribution in [0.2, 0.25) is 0 Å². The van der Waals surface area contributed by atoms with Gasteiger partial charge >= 0.3 is 0 Å². The highest BCUT2D eigenvalue weighted by Gasteiger charge is 2.30. The van der Waals surface area contributed by atoms with Crippen molar-refractivity contribution in [2.45, 2.75) is 26.4 Å². The molecule has 2 atom stereocenters. The van der Waals surface area contributed by atoms with Gasteiger partial charge in [0.1, 0.15) is 6.10 Å². The van der Waals surface area contributed by atoms with Crippen molar-refractivity contribution in [3.05, 3.63) is 29.3 Å². The molecule has 106 valence electrons. The highest BCUT2D eigenvalue weighted by atomic mass is 16.5. The summed E-state index contributed by atoms with van der Waals surface area (Å²) < 4.78 is 5.46. The molecule has 4 heteroatoms. The van der Waals surface area contributed by atoms with Crippen LogP contribution in [0.5, 0.6) is 0 Å². The third kappa shape index (κ3) is 3.38. The Morgan fingerprint density at radius 3 is 3.00 bits per heavy atom. The number of ether oxygens (including phenoxy) is 1. The number of anilines is 1. The summed E-state index contributed by atoms with van der Waals surface area (Å²) in [6.45, 7) is 4.99. The Labute approximate surface area is 119 Å². The van der Waals surface area contributed by atoms with E-state index in [0.29, 0.717) is 13.2 Å². The number of aryl methyl sites for hydroxylation is 1. The van der Waals surface area contributed by atoms with Gasteiger partial charge in [-0.25, -0.2) is 0 Å². The van der Waals surface area contributed by atoms with E-state index in [1.54, 1.807) is 0 Å². The number of amides is 1. The topological polar surface area (TPSA) is 64.3 Å². The summed E-state index contributed by atoms with van der Waals surface area (Å²) in [6.07, 6.45) is 0.578. The average Bonchev–Trinajstić information content (AvgIpc) is 2.85. The molecule has 20 heavy (non-hydrogen) atoms. The monoisotopic (exact) mass is 272 g/mol. The molecule has 1 aromatic carbocycles. The van der Waals surface area contributed by atoms with Crippen LogP contribution in [0, 0.1) is 24.7 Å². The molecule has 1 fully saturated rings. The summed E-state index contributed by atoms with van der Waals surface area (Å²) in [5, 5.41) is 2.90. The summed E-state index contributed by atoms with van der Waals surface area (Å²) >= 11 is 0. The van der Waals surface area contributed by atoms with Gasteiger partial charge in [0.15, 0.2) is 0 Å². The van der Waals surface area contributed by atoms with Crippen LogP contribution >= 0.6 is 0 Å². The largest absolute Gasteiger partial charge is 0.368 e. The van der Waals surface area contributed by atoms with E-state index < -0.39 is 0 Å². The summed E-state index contributed by atoms with van der Waals surface area (Å²) in [6, 6.07) is 5.69. The van der Waals surface area contributed by atoms with Crippen LogP contribution in [0.1, 0.15) is 24.5 Å². The van der Waals surface area contributed by atoms with Gasteiger partial charge in [-0.2, -0.15) is 0 Å². The lowest BCUT2D eigenvalue weighted by Gasteiger charge is -2.15. The van der Waals surface area contributed by atoms with Gasteiger partial charge < -0.3 is 15.8 Å². The van der Waals surface area contributed by atoms with E-state index in [1.807, 2.05) is 32.0 Å². The van der Waals surface area contributed by atoms with Gasteiger partial charge in [-0.3, -0.25) is 4.79 Å². The number of benzene rings is 1. The summed E-state index contributed by atoms with van der Waals surface area (Å²) in [5.41, 5.74) is 8.07. The van der Waals surface area contributed by atoms with Crippen molar-refractivity contribution >= 4 is 11.6 Å². The fraction of sp³-hybridized carbons (Fsp3) is 0.438. The molecule has 1 saturated heterocycles. The molecule has 1 aliphatic rings. The second-order valence-corrected chi connectivity index (χ2v) is 5.08. The lowest BCUT2D eigenvalue weighted by Crippen LogP contribution is -2.31. The fourth-order valence-electron chi connectivity index (χ4n) is 2.22. The van der Waals surface area contributed by atoms with E-state index in [4.69, 9.17) is 10.5 Å². The lowest BCUT2D eigenvalue weighted by atomic mass is 10.0. The molecule has 0 bridgehead atoms. The van der Waals surface area contributed by atoms with Crippen molar-refractivity contribution in [2.24, 2.45) is 11.7 Å². The van der Waals surface area contributed by atoms with Crippen LogP contribution in [-0.2, 0) is 9.53 Å². The number of carbonyl (C=O) groups is 1. The quantitative estimate of drug-likeness (QED) is 0.805. The van der Waals surface area contributed by atoms with Crippen LogP contribution < -0.4 is 11.1 Å². The van der Waals surface area contributed by atoms with Crippen LogP contribution in [0.3, 0.4) is 0 Å². The zero-order valence-corrected chi connectivity index (χ0v) is 11.9. The second kappa shape index (κ2) is 6.56. The summed E-state index contributed by atoms with van der Waals surface area (Å²) in [5.74, 6) is 6.01. The number of carbonyl (C=O) groups excluding carboxylic acids is 1. The van der Waals surface area contributed by atoms with Gasteiger partial charge in [0.25, 0.3) is 5.91 Å². The molecule has 1 amide bonds. The van der Waals surface area contributed by atoms with Gasteiger partial charge in [-0.1, -0.05) is 24.8 Å². The first-order valence-corrected chi connectivity index (χ1v) is 6.84. The SMILES string of the molecule is Cc1ccc(NC(=O)C2OCCC2C)cc1C#CCN. The molecular formula is C16H20N2O2. The van der Waals surface area contributed by atoms with Gasteiger partial charge in [0, 0.05) is 17.9 Å². The molecule has 0 aromatic heterocycles. The summed E-state index contributed by atoms with van der Waals surface area (Å²) in [7, 11) is 0. The first kappa shape index (κ1) is 14.6. The van der Waals surface area contributed by atoms with Crippen molar-refractivity contribution in [1.29, 1.82) is 0 Å². The molecule has 4 nitrogen and oxygen atoms in total. The van der Waals surface area contributed by atoms with Gasteiger partial charge in [0.05, 0.1) is 6.54 Å². The standard InChI is InChI=1S/C16H20N2O2/c1-11-5-6-14(10-13(11)4-3-8-17)18-16(19)15-12(2)7-9-20-15/h5-6,10,12,15H,7-9,17H2,1-2H3,(H,18,19). The normalized spacial score (nSPS) is 21.1. The molecule has 2 rings (SSSR count). The highest BCUT2D eigenvalue weighted by Crippen LogP contribution is 2.22. The van der Waals surface area contributed by atoms with Crippen LogP contribution in [0.4, 0.5) is 5.69 Å². The van der Waals surface area contributed by atoms with E-state index in [2.05, 4.69) is 17.2 Å². The predicted octanol–water partition coefficient (Wildman–Crippen LogP) is 1.67. The molecule has 0 radical (unpaired) electrons. The highest BCUT2D eigenvalue weighted by molar-refractivity contribution is 5.94. The van der Waals surface area contributed by atoms with Crippen molar-refractivity contribution in [1.82, 2.24) is 0 Å². The minimum absolute atomic E-state index is 0.0865. The predicted molar refractivity (Wildman–Crippen MR) is 79.3 cm³/mol. The molecule has 0 spiro atoms. The molecular weight excluding hydrogens is 252 g/mol. The molecule has 1 aliphatic heterocycles. The molecule has 2 unspecified atom stereocenters. The Morgan fingerprint density at radius 2 is 2.35 bits per heavy atom. The van der Waals surface area contributed by atoms with Gasteiger partial charge in [0.2, 0.25) is 0 Å². The number of nitrogens with one attached hydrogen (secondary N) is 1. The van der Waals surface area contributed by atoms with Gasteiger partial charge in [-0.05, 0) is 37.0 Å². The Kier molecular flexibility index (Phi) is 4.78. The fourth-order valence-corrected chi connectivity index (χ4v) is 2.22. The molecule has 1 heterocycles. The smallest absolute Gasteiger partial charge is 0.253 e. The van der Waals surface area contributed by atoms with Crippen molar-refractivity contribution in [2.75, 3.05) is 18.5 Å². The Bertz CT molecular complexity index is 557. The lowest BCUT2D eigenvalue weighted by molar-refractivity contribution is -0.126. The average molecular weight is 272 g/mol. The minimum atomic E-state index is -0.352. The Balaban J connectivity index is 2.11. The minimum Gasteiger partial charge on any atom is -0.368 e. The zero-order valence-electron chi connectivity index (χ0n) is 11.9. The van der Waals surface area contributed by atoms with Crippen LogP contribution in [0.15, 0.2) is 18.2 Å². The first-order valence-electron chi connectivity index (χ1n) is 6.84. The maximum atomic E-state index is 12.1. The van der Waals surface area contributed by atoms with Crippen LogP contribution in [0.25, 0.3) is 0 Å². The van der Waals surface area contributed by atoms with E-state index in [9.17, 15) is 4.79 Å². The van der Waals surface area contributed by atoms with E-state index >= 15 is 0 Å². The number of hydrogen-bond acceptors (Lipinski definition) is 3. The number of hydrogen-bond donors (Lipinski definition) is 2. The Hall–Kier alpha value is -1.83. The van der Waals surface area contributed by atoms with Crippen molar-refractivity contribution < 1.29 is 9.53 Å². The number of rotatable bonds is 2. The number of nitrogens with two attached hydrogens (primary N) is 1. The van der Waals surface area contributed by atoms with E-state index in [-0.39, 0.29) is 17.9 Å². The van der Waals surface area contributed by atoms with Crippen LogP contribution in [-0.4, -0.2) is 25.2 Å². The van der Waals surface area contributed by atoms with E-state index in [1.165, 1.54) is 0 Å².